The van der Waals surface area contributed by atoms with Crippen LogP contribution in [0.15, 0.2) is 0 Å². The van der Waals surface area contributed by atoms with Gasteiger partial charge in [-0.1, -0.05) is 0 Å². The third-order valence-corrected chi connectivity index (χ3v) is 1.74. The summed E-state index contributed by atoms with van der Waals surface area (Å²) in [6.07, 6.45) is 0. The molecule has 0 rings (SSSR count). The second-order valence-electron chi connectivity index (χ2n) is 3.17. The van der Waals surface area contributed by atoms with E-state index < -0.39 is 5.54 Å². The predicted octanol–water partition coefficient (Wildman–Crippen LogP) is -2.04. The van der Waals surface area contributed by atoms with Crippen molar-refractivity contribution < 1.29 is 15.0 Å². The van der Waals surface area contributed by atoms with Crippen molar-refractivity contribution >= 4 is 5.91 Å². The van der Waals surface area contributed by atoms with Gasteiger partial charge >= 0.3 is 0 Å². The van der Waals surface area contributed by atoms with Gasteiger partial charge in [0.15, 0.2) is 0 Å². The molecule has 1 amide bonds. The molecule has 80 valence electrons. The maximum atomic E-state index is 11.0. The van der Waals surface area contributed by atoms with Gasteiger partial charge in [-0.05, 0) is 6.92 Å². The minimum Gasteiger partial charge on any atom is -0.394 e. The molecule has 0 aliphatic rings. The normalized spacial score (nSPS) is 10.7. The molecule has 0 aliphatic carbocycles. The van der Waals surface area contributed by atoms with Gasteiger partial charge in [0.05, 0.1) is 31.4 Å². The third kappa shape index (κ3) is 4.77. The lowest BCUT2D eigenvalue weighted by Crippen LogP contribution is -2.52. The molecular formula is C8H15N3O3. The fraction of sp³-hybridized carbons (Fsp3) is 0.750. The maximum Gasteiger partial charge on any atom is 0.234 e. The molecule has 0 saturated heterocycles. The molecule has 0 aromatic carbocycles. The molecular weight excluding hydrogens is 186 g/mol. The van der Waals surface area contributed by atoms with Crippen molar-refractivity contribution in [3.63, 3.8) is 0 Å². The van der Waals surface area contributed by atoms with Crippen molar-refractivity contribution in [1.82, 2.24) is 10.6 Å². The second-order valence-corrected chi connectivity index (χ2v) is 3.17. The van der Waals surface area contributed by atoms with E-state index in [9.17, 15) is 4.79 Å². The smallest absolute Gasteiger partial charge is 0.234 e. The number of rotatable bonds is 6. The first kappa shape index (κ1) is 12.8. The molecule has 6 heteroatoms. The Kier molecular flexibility index (Phi) is 5.79. The Labute approximate surface area is 82.5 Å². The second kappa shape index (κ2) is 6.32. The van der Waals surface area contributed by atoms with E-state index in [-0.39, 0.29) is 32.2 Å². The topological polar surface area (TPSA) is 105 Å². The van der Waals surface area contributed by atoms with E-state index in [0.717, 1.165) is 0 Å². The number of hydrogen-bond donors (Lipinski definition) is 4. The van der Waals surface area contributed by atoms with Crippen molar-refractivity contribution in [3.05, 3.63) is 0 Å². The SMILES string of the molecule is CC(CO)(CO)NCC(=O)NCC#N. The minimum absolute atomic E-state index is 0.0424. The van der Waals surface area contributed by atoms with Crippen molar-refractivity contribution in [2.75, 3.05) is 26.3 Å². The first-order chi connectivity index (χ1) is 6.58. The quantitative estimate of drug-likeness (QED) is 0.370. The van der Waals surface area contributed by atoms with Crippen LogP contribution in [-0.2, 0) is 4.79 Å². The number of carbonyl (C=O) groups excluding carboxylic acids is 1. The number of amides is 1. The Balaban J connectivity index is 3.81. The van der Waals surface area contributed by atoms with Crippen molar-refractivity contribution in [2.45, 2.75) is 12.5 Å². The number of aliphatic hydroxyl groups is 2. The van der Waals surface area contributed by atoms with E-state index in [2.05, 4.69) is 10.6 Å². The molecule has 0 spiro atoms. The van der Waals surface area contributed by atoms with Gasteiger partial charge in [0.25, 0.3) is 0 Å². The molecule has 0 aromatic rings. The first-order valence-electron chi connectivity index (χ1n) is 4.18. The number of hydrogen-bond acceptors (Lipinski definition) is 5. The van der Waals surface area contributed by atoms with E-state index in [1.165, 1.54) is 0 Å². The molecule has 0 aliphatic heterocycles. The van der Waals surface area contributed by atoms with Gasteiger partial charge in [-0.2, -0.15) is 5.26 Å². The highest BCUT2D eigenvalue weighted by molar-refractivity contribution is 5.78. The van der Waals surface area contributed by atoms with Crippen LogP contribution in [0.3, 0.4) is 0 Å². The van der Waals surface area contributed by atoms with Crippen molar-refractivity contribution in [1.29, 1.82) is 5.26 Å². The highest BCUT2D eigenvalue weighted by atomic mass is 16.3. The van der Waals surface area contributed by atoms with E-state index in [1.807, 2.05) is 0 Å². The third-order valence-electron chi connectivity index (χ3n) is 1.74. The van der Waals surface area contributed by atoms with E-state index in [4.69, 9.17) is 15.5 Å². The van der Waals surface area contributed by atoms with Gasteiger partial charge in [0.1, 0.15) is 6.54 Å². The fourth-order valence-corrected chi connectivity index (χ4v) is 0.656. The van der Waals surface area contributed by atoms with E-state index in [0.29, 0.717) is 0 Å². The first-order valence-corrected chi connectivity index (χ1v) is 4.18. The summed E-state index contributed by atoms with van der Waals surface area (Å²) in [7, 11) is 0. The minimum atomic E-state index is -0.871. The Hall–Kier alpha value is -1.16. The highest BCUT2D eigenvalue weighted by Crippen LogP contribution is 1.98. The molecule has 0 saturated carbocycles. The van der Waals surface area contributed by atoms with Gasteiger partial charge in [-0.15, -0.1) is 0 Å². The van der Waals surface area contributed by atoms with Gasteiger partial charge < -0.3 is 15.5 Å². The lowest BCUT2D eigenvalue weighted by Gasteiger charge is -2.25. The monoisotopic (exact) mass is 201 g/mol. The summed E-state index contributed by atoms with van der Waals surface area (Å²) >= 11 is 0. The number of nitrogens with one attached hydrogen (secondary N) is 2. The van der Waals surface area contributed by atoms with E-state index in [1.54, 1.807) is 13.0 Å². The van der Waals surface area contributed by atoms with Crippen LogP contribution in [0.1, 0.15) is 6.92 Å². The zero-order valence-electron chi connectivity index (χ0n) is 8.08. The van der Waals surface area contributed by atoms with E-state index >= 15 is 0 Å². The number of aliphatic hydroxyl groups excluding tert-OH is 2. The van der Waals surface area contributed by atoms with Gasteiger partial charge in [-0.25, -0.2) is 0 Å². The van der Waals surface area contributed by atoms with Crippen molar-refractivity contribution in [2.24, 2.45) is 0 Å². The van der Waals surface area contributed by atoms with Crippen LogP contribution < -0.4 is 10.6 Å². The largest absolute Gasteiger partial charge is 0.394 e. The summed E-state index contributed by atoms with van der Waals surface area (Å²) in [5, 5.41) is 30.9. The predicted molar refractivity (Wildman–Crippen MR) is 49.2 cm³/mol. The summed E-state index contributed by atoms with van der Waals surface area (Å²) in [6.45, 7) is 0.962. The summed E-state index contributed by atoms with van der Waals surface area (Å²) in [6, 6.07) is 1.77. The fourth-order valence-electron chi connectivity index (χ4n) is 0.656. The summed E-state index contributed by atoms with van der Waals surface area (Å²) in [5.74, 6) is -0.348. The molecule has 0 aromatic heterocycles. The lowest BCUT2D eigenvalue weighted by atomic mass is 10.1. The Morgan fingerprint density at radius 1 is 1.50 bits per heavy atom. The molecule has 6 nitrogen and oxygen atoms in total. The Morgan fingerprint density at radius 3 is 2.50 bits per heavy atom. The number of carbonyl (C=O) groups is 1. The molecule has 0 fully saturated rings. The summed E-state index contributed by atoms with van der Waals surface area (Å²) < 4.78 is 0. The molecule has 0 bridgehead atoms. The summed E-state index contributed by atoms with van der Waals surface area (Å²) in [4.78, 5) is 11.0. The Morgan fingerprint density at radius 2 is 2.07 bits per heavy atom. The van der Waals surface area contributed by atoms with Crippen LogP contribution in [0.25, 0.3) is 0 Å². The van der Waals surface area contributed by atoms with Gasteiger partial charge in [0.2, 0.25) is 5.91 Å². The van der Waals surface area contributed by atoms with Crippen molar-refractivity contribution in [3.8, 4) is 6.07 Å². The Bertz CT molecular complexity index is 220. The molecule has 14 heavy (non-hydrogen) atoms. The van der Waals surface area contributed by atoms with Crippen LogP contribution in [0.4, 0.5) is 0 Å². The highest BCUT2D eigenvalue weighted by Gasteiger charge is 2.22. The number of nitriles is 1. The zero-order valence-corrected chi connectivity index (χ0v) is 8.08. The van der Waals surface area contributed by atoms with Crippen LogP contribution in [0.2, 0.25) is 0 Å². The standard InChI is InChI=1S/C8H15N3O3/c1-8(5-12,6-13)11-4-7(14)10-3-2-9/h11-13H,3-6H2,1H3,(H,10,14). The molecule has 0 unspecified atom stereocenters. The number of nitrogens with zero attached hydrogens (tertiary/aromatic N) is 1. The summed E-state index contributed by atoms with van der Waals surface area (Å²) in [5.41, 5.74) is -0.871. The van der Waals surface area contributed by atoms with Crippen LogP contribution >= 0.6 is 0 Å². The molecule has 0 radical (unpaired) electrons. The van der Waals surface area contributed by atoms with Gasteiger partial charge in [-0.3, -0.25) is 10.1 Å². The average molecular weight is 201 g/mol. The zero-order chi connectivity index (χ0) is 11.0. The average Bonchev–Trinajstić information content (AvgIpc) is 2.23. The van der Waals surface area contributed by atoms with Crippen LogP contribution in [-0.4, -0.2) is 48.0 Å². The lowest BCUT2D eigenvalue weighted by molar-refractivity contribution is -0.120. The molecule has 0 heterocycles. The van der Waals surface area contributed by atoms with Gasteiger partial charge in [0, 0.05) is 0 Å². The molecule has 4 N–H and O–H groups in total. The van der Waals surface area contributed by atoms with Crippen LogP contribution in [0, 0.1) is 11.3 Å². The molecule has 0 atom stereocenters. The maximum absolute atomic E-state index is 11.0. The van der Waals surface area contributed by atoms with Crippen LogP contribution in [0.5, 0.6) is 0 Å².